The Balaban J connectivity index is 3.96. The molecule has 1 atom stereocenters. The van der Waals surface area contributed by atoms with Crippen molar-refractivity contribution in [3.63, 3.8) is 0 Å². The summed E-state index contributed by atoms with van der Waals surface area (Å²) < 4.78 is -0.907. The summed E-state index contributed by atoms with van der Waals surface area (Å²) in [6.45, 7) is 5.69. The van der Waals surface area contributed by atoms with Crippen LogP contribution in [0.15, 0.2) is 12.7 Å². The lowest BCUT2D eigenvalue weighted by molar-refractivity contribution is -0.140. The molecule has 0 radical (unpaired) electrons. The van der Waals surface area contributed by atoms with Gasteiger partial charge in [0.2, 0.25) is 0 Å². The normalized spacial score (nSPS) is 14.7. The molecule has 0 aliphatic heterocycles. The molecular formula is C11H20O2S. The molecule has 0 saturated carbocycles. The van der Waals surface area contributed by atoms with Crippen molar-refractivity contribution in [3.8, 4) is 0 Å². The number of thiol groups is 1. The largest absolute Gasteiger partial charge is 0.480 e. The maximum absolute atomic E-state index is 11.0. The third kappa shape index (κ3) is 4.70. The predicted molar refractivity (Wildman–Crippen MR) is 62.9 cm³/mol. The average molecular weight is 216 g/mol. The predicted octanol–water partition coefficient (Wildman–Crippen LogP) is 3.29. The van der Waals surface area contributed by atoms with Crippen molar-refractivity contribution in [2.75, 3.05) is 0 Å². The van der Waals surface area contributed by atoms with E-state index in [4.69, 9.17) is 5.11 Å². The van der Waals surface area contributed by atoms with Crippen molar-refractivity contribution in [3.05, 3.63) is 12.7 Å². The van der Waals surface area contributed by atoms with Gasteiger partial charge in [0, 0.05) is 0 Å². The molecular weight excluding hydrogens is 196 g/mol. The second-order valence-corrected chi connectivity index (χ2v) is 4.50. The summed E-state index contributed by atoms with van der Waals surface area (Å²) in [6, 6.07) is 0. The van der Waals surface area contributed by atoms with E-state index in [1.54, 1.807) is 6.08 Å². The minimum Gasteiger partial charge on any atom is -0.480 e. The van der Waals surface area contributed by atoms with E-state index >= 15 is 0 Å². The number of carboxylic acid groups (broad SMARTS) is 1. The summed E-state index contributed by atoms with van der Waals surface area (Å²) >= 11 is 4.23. The van der Waals surface area contributed by atoms with Crippen molar-refractivity contribution in [1.82, 2.24) is 0 Å². The first kappa shape index (κ1) is 13.6. The van der Waals surface area contributed by atoms with E-state index in [9.17, 15) is 4.79 Å². The quantitative estimate of drug-likeness (QED) is 0.371. The summed E-state index contributed by atoms with van der Waals surface area (Å²) in [5, 5.41) is 9.00. The molecule has 0 aliphatic carbocycles. The molecule has 0 aromatic rings. The van der Waals surface area contributed by atoms with E-state index in [1.807, 2.05) is 0 Å². The second-order valence-electron chi connectivity index (χ2n) is 3.64. The number of hydrogen-bond acceptors (Lipinski definition) is 2. The van der Waals surface area contributed by atoms with Crippen LogP contribution in [0.4, 0.5) is 0 Å². The Bertz CT molecular complexity index is 192. The van der Waals surface area contributed by atoms with E-state index in [0.717, 1.165) is 25.7 Å². The molecule has 0 aromatic carbocycles. The highest BCUT2D eigenvalue weighted by Crippen LogP contribution is 2.27. The molecule has 0 heterocycles. The number of carboxylic acids is 1. The first-order valence-electron chi connectivity index (χ1n) is 5.13. The molecule has 0 aromatic heterocycles. The topological polar surface area (TPSA) is 37.3 Å². The lowest BCUT2D eigenvalue weighted by Crippen LogP contribution is -2.31. The van der Waals surface area contributed by atoms with Crippen LogP contribution < -0.4 is 0 Å². The number of carbonyl (C=O) groups is 1. The molecule has 82 valence electrons. The van der Waals surface area contributed by atoms with E-state index < -0.39 is 10.7 Å². The third-order valence-corrected chi connectivity index (χ3v) is 2.92. The second kappa shape index (κ2) is 6.93. The Morgan fingerprint density at radius 2 is 2.14 bits per heavy atom. The summed E-state index contributed by atoms with van der Waals surface area (Å²) in [5.74, 6) is -0.836. The minimum atomic E-state index is -0.907. The molecule has 0 spiro atoms. The maximum atomic E-state index is 11.0. The third-order valence-electron chi connectivity index (χ3n) is 2.32. The minimum absolute atomic E-state index is 0.428. The van der Waals surface area contributed by atoms with Crippen LogP contribution in [0.5, 0.6) is 0 Å². The highest BCUT2D eigenvalue weighted by atomic mass is 32.1. The van der Waals surface area contributed by atoms with Gasteiger partial charge in [0.05, 0.1) is 0 Å². The highest BCUT2D eigenvalue weighted by Gasteiger charge is 2.32. The van der Waals surface area contributed by atoms with Crippen LogP contribution in [0.3, 0.4) is 0 Å². The van der Waals surface area contributed by atoms with Crippen molar-refractivity contribution in [1.29, 1.82) is 0 Å². The summed E-state index contributed by atoms with van der Waals surface area (Å²) in [6.07, 6.45) is 7.02. The fourth-order valence-corrected chi connectivity index (χ4v) is 1.67. The molecule has 0 fully saturated rings. The Hall–Kier alpha value is -0.440. The number of unbranched alkanes of at least 4 members (excludes halogenated alkanes) is 3. The molecule has 0 rings (SSSR count). The first-order chi connectivity index (χ1) is 6.56. The van der Waals surface area contributed by atoms with Crippen LogP contribution in [-0.4, -0.2) is 15.8 Å². The number of aliphatic carboxylic acids is 1. The van der Waals surface area contributed by atoms with Crippen LogP contribution in [0.1, 0.15) is 45.4 Å². The summed E-state index contributed by atoms with van der Waals surface area (Å²) in [7, 11) is 0. The van der Waals surface area contributed by atoms with Gasteiger partial charge in [0.1, 0.15) is 4.75 Å². The lowest BCUT2D eigenvalue weighted by atomic mass is 9.96. The Labute approximate surface area is 91.8 Å². The fraction of sp³-hybridized carbons (Fsp3) is 0.727. The molecule has 0 bridgehead atoms. The molecule has 3 heteroatoms. The zero-order valence-electron chi connectivity index (χ0n) is 8.83. The van der Waals surface area contributed by atoms with Gasteiger partial charge in [-0.1, -0.05) is 38.7 Å². The van der Waals surface area contributed by atoms with Crippen LogP contribution >= 0.6 is 12.6 Å². The average Bonchev–Trinajstić information content (AvgIpc) is 2.13. The van der Waals surface area contributed by atoms with Gasteiger partial charge < -0.3 is 5.11 Å². The summed E-state index contributed by atoms with van der Waals surface area (Å²) in [5.41, 5.74) is 0. The van der Waals surface area contributed by atoms with Gasteiger partial charge in [0.25, 0.3) is 0 Å². The maximum Gasteiger partial charge on any atom is 0.319 e. The zero-order valence-corrected chi connectivity index (χ0v) is 9.72. The van der Waals surface area contributed by atoms with Gasteiger partial charge in [-0.2, -0.15) is 12.6 Å². The molecule has 14 heavy (non-hydrogen) atoms. The zero-order chi connectivity index (χ0) is 11.0. The van der Waals surface area contributed by atoms with Gasteiger partial charge in [-0.15, -0.1) is 6.58 Å². The van der Waals surface area contributed by atoms with Crippen molar-refractivity contribution < 1.29 is 9.90 Å². The standard InChI is InChI=1S/C11H20O2S/c1-3-5-6-7-9-11(14,8-4-2)10(12)13/h4,14H,2-3,5-9H2,1H3,(H,12,13). The van der Waals surface area contributed by atoms with E-state index in [2.05, 4.69) is 26.1 Å². The fourth-order valence-electron chi connectivity index (χ4n) is 1.38. The molecule has 1 N–H and O–H groups in total. The van der Waals surface area contributed by atoms with Crippen LogP contribution in [0.25, 0.3) is 0 Å². The van der Waals surface area contributed by atoms with Gasteiger partial charge >= 0.3 is 5.97 Å². The smallest absolute Gasteiger partial charge is 0.319 e. The SMILES string of the molecule is C=CCC(S)(CCCCCC)C(=O)O. The van der Waals surface area contributed by atoms with E-state index in [1.165, 1.54) is 0 Å². The van der Waals surface area contributed by atoms with Gasteiger partial charge in [-0.3, -0.25) is 4.79 Å². The number of rotatable bonds is 8. The Morgan fingerprint density at radius 3 is 2.57 bits per heavy atom. The number of allylic oxidation sites excluding steroid dienone is 1. The summed E-state index contributed by atoms with van der Waals surface area (Å²) in [4.78, 5) is 11.0. The van der Waals surface area contributed by atoms with Gasteiger partial charge in [-0.25, -0.2) is 0 Å². The van der Waals surface area contributed by atoms with E-state index in [0.29, 0.717) is 12.8 Å². The Kier molecular flexibility index (Phi) is 6.71. The monoisotopic (exact) mass is 216 g/mol. The molecule has 1 unspecified atom stereocenters. The van der Waals surface area contributed by atoms with Gasteiger partial charge in [0.15, 0.2) is 0 Å². The lowest BCUT2D eigenvalue weighted by Gasteiger charge is -2.21. The van der Waals surface area contributed by atoms with Crippen LogP contribution in [-0.2, 0) is 4.79 Å². The molecule has 2 nitrogen and oxygen atoms in total. The Morgan fingerprint density at radius 1 is 1.50 bits per heavy atom. The molecule has 0 aliphatic rings. The first-order valence-corrected chi connectivity index (χ1v) is 5.58. The van der Waals surface area contributed by atoms with Crippen LogP contribution in [0.2, 0.25) is 0 Å². The van der Waals surface area contributed by atoms with Crippen LogP contribution in [0, 0.1) is 0 Å². The van der Waals surface area contributed by atoms with E-state index in [-0.39, 0.29) is 0 Å². The molecule has 0 saturated heterocycles. The number of hydrogen-bond donors (Lipinski definition) is 2. The van der Waals surface area contributed by atoms with Gasteiger partial charge in [-0.05, 0) is 12.8 Å². The van der Waals surface area contributed by atoms with Crippen molar-refractivity contribution >= 4 is 18.6 Å². The van der Waals surface area contributed by atoms with Crippen molar-refractivity contribution in [2.45, 2.75) is 50.2 Å². The molecule has 0 amide bonds. The van der Waals surface area contributed by atoms with Crippen molar-refractivity contribution in [2.24, 2.45) is 0 Å². The highest BCUT2D eigenvalue weighted by molar-refractivity contribution is 7.82.